The summed E-state index contributed by atoms with van der Waals surface area (Å²) in [5.41, 5.74) is 1.23. The molecular formula is C18H28BrN3O3. The van der Waals surface area contributed by atoms with E-state index in [1.165, 1.54) is 5.56 Å². The maximum absolute atomic E-state index is 9.16. The molecule has 6 nitrogen and oxygen atoms in total. The molecule has 0 radical (unpaired) electrons. The zero-order chi connectivity index (χ0) is 17.8. The molecule has 140 valence electrons. The molecule has 0 unspecified atom stereocenters. The Bertz CT molecular complexity index is 556. The molecule has 3 rings (SSSR count). The highest BCUT2D eigenvalue weighted by Crippen LogP contribution is 2.22. The summed E-state index contributed by atoms with van der Waals surface area (Å²) < 4.78 is 12.3. The van der Waals surface area contributed by atoms with Crippen molar-refractivity contribution in [2.24, 2.45) is 0 Å². The summed E-state index contributed by atoms with van der Waals surface area (Å²) in [7, 11) is 0. The summed E-state index contributed by atoms with van der Waals surface area (Å²) in [6, 6.07) is 4.43. The summed E-state index contributed by atoms with van der Waals surface area (Å²) in [5, 5.41) is 12.6. The van der Waals surface area contributed by atoms with Crippen molar-refractivity contribution in [3.63, 3.8) is 0 Å². The molecule has 4 atom stereocenters. The van der Waals surface area contributed by atoms with E-state index in [1.807, 2.05) is 0 Å². The minimum atomic E-state index is -0.0191. The van der Waals surface area contributed by atoms with Crippen LogP contribution in [0.25, 0.3) is 0 Å². The molecule has 0 amide bonds. The summed E-state index contributed by atoms with van der Waals surface area (Å²) in [5.74, 6) is 0.870. The van der Waals surface area contributed by atoms with Crippen LogP contribution < -0.4 is 5.32 Å². The second-order valence-corrected chi connectivity index (χ2v) is 8.00. The summed E-state index contributed by atoms with van der Waals surface area (Å²) in [4.78, 5) is 6.98. The average Bonchev–Trinajstić information content (AvgIpc) is 2.54. The lowest BCUT2D eigenvalue weighted by Gasteiger charge is -2.35. The first-order valence-electron chi connectivity index (χ1n) is 9.05. The van der Waals surface area contributed by atoms with Gasteiger partial charge in [0.2, 0.25) is 0 Å². The van der Waals surface area contributed by atoms with E-state index in [4.69, 9.17) is 14.6 Å². The Labute approximate surface area is 158 Å². The number of aromatic nitrogens is 1. The van der Waals surface area contributed by atoms with Gasteiger partial charge in [0.25, 0.3) is 0 Å². The fourth-order valence-electron chi connectivity index (χ4n) is 3.66. The number of aliphatic hydroxyl groups excluding tert-OH is 1. The van der Waals surface area contributed by atoms with Crippen LogP contribution >= 0.6 is 15.9 Å². The van der Waals surface area contributed by atoms with Crippen molar-refractivity contribution in [3.8, 4) is 0 Å². The Kier molecular flexibility index (Phi) is 6.68. The van der Waals surface area contributed by atoms with Crippen LogP contribution in [0.5, 0.6) is 0 Å². The van der Waals surface area contributed by atoms with Gasteiger partial charge in [-0.05, 0) is 60.3 Å². The standard InChI is InChI=1S/C18H28BrN3O3/c1-12-7-22(8-13(2)25-12)9-14-5-17(19)21-18(6-14)20-15-3-4-16(10-23)24-11-15/h5-6,12-13,15-16,23H,3-4,7-11H2,1-2H3,(H,20,21)/t12-,13+,15-,16+/m1/s1. The van der Waals surface area contributed by atoms with Crippen molar-refractivity contribution >= 4 is 21.7 Å². The second kappa shape index (κ2) is 8.77. The van der Waals surface area contributed by atoms with Crippen LogP contribution in [-0.2, 0) is 16.0 Å². The van der Waals surface area contributed by atoms with Gasteiger partial charge in [-0.1, -0.05) is 0 Å². The lowest BCUT2D eigenvalue weighted by Crippen LogP contribution is -2.44. The quantitative estimate of drug-likeness (QED) is 0.722. The largest absolute Gasteiger partial charge is 0.394 e. The highest BCUT2D eigenvalue weighted by molar-refractivity contribution is 9.10. The molecule has 0 saturated carbocycles. The van der Waals surface area contributed by atoms with Crippen LogP contribution in [0.3, 0.4) is 0 Å². The SMILES string of the molecule is C[C@@H]1CN(Cc2cc(Br)nc(N[C@@H]3CC[C@@H](CO)OC3)c2)C[C@H](C)O1. The topological polar surface area (TPSA) is 66.9 Å². The van der Waals surface area contributed by atoms with Crippen molar-refractivity contribution in [2.75, 3.05) is 31.6 Å². The van der Waals surface area contributed by atoms with E-state index in [9.17, 15) is 0 Å². The molecule has 2 fully saturated rings. The minimum absolute atomic E-state index is 0.0191. The molecule has 3 heterocycles. The minimum Gasteiger partial charge on any atom is -0.394 e. The van der Waals surface area contributed by atoms with E-state index in [0.29, 0.717) is 6.61 Å². The van der Waals surface area contributed by atoms with E-state index in [-0.39, 0.29) is 31.0 Å². The van der Waals surface area contributed by atoms with Gasteiger partial charge in [-0.2, -0.15) is 0 Å². The third kappa shape index (κ3) is 5.62. The fourth-order valence-corrected chi connectivity index (χ4v) is 4.14. The molecule has 2 N–H and O–H groups in total. The van der Waals surface area contributed by atoms with Gasteiger partial charge < -0.3 is 19.9 Å². The van der Waals surface area contributed by atoms with Crippen molar-refractivity contribution in [1.82, 2.24) is 9.88 Å². The molecule has 7 heteroatoms. The van der Waals surface area contributed by atoms with Crippen LogP contribution in [-0.4, -0.2) is 65.6 Å². The maximum atomic E-state index is 9.16. The number of aliphatic hydroxyl groups is 1. The van der Waals surface area contributed by atoms with Gasteiger partial charge in [0.1, 0.15) is 10.4 Å². The van der Waals surface area contributed by atoms with Gasteiger partial charge in [0.15, 0.2) is 0 Å². The molecule has 25 heavy (non-hydrogen) atoms. The molecule has 0 aromatic carbocycles. The fraction of sp³-hybridized carbons (Fsp3) is 0.722. The van der Waals surface area contributed by atoms with Crippen molar-refractivity contribution in [3.05, 3.63) is 22.3 Å². The molecule has 0 spiro atoms. The first-order valence-corrected chi connectivity index (χ1v) is 9.84. The van der Waals surface area contributed by atoms with Gasteiger partial charge in [-0.15, -0.1) is 0 Å². The summed E-state index contributed by atoms with van der Waals surface area (Å²) >= 11 is 3.53. The summed E-state index contributed by atoms with van der Waals surface area (Å²) in [6.07, 6.45) is 2.37. The highest BCUT2D eigenvalue weighted by Gasteiger charge is 2.23. The number of halogens is 1. The van der Waals surface area contributed by atoms with Gasteiger partial charge >= 0.3 is 0 Å². The number of nitrogens with one attached hydrogen (secondary N) is 1. The predicted molar refractivity (Wildman–Crippen MR) is 101 cm³/mol. The van der Waals surface area contributed by atoms with Gasteiger partial charge in [-0.25, -0.2) is 4.98 Å². The van der Waals surface area contributed by atoms with Gasteiger partial charge in [0, 0.05) is 19.6 Å². The first-order chi connectivity index (χ1) is 12.0. The van der Waals surface area contributed by atoms with E-state index < -0.39 is 0 Å². The Balaban J connectivity index is 1.60. The van der Waals surface area contributed by atoms with E-state index >= 15 is 0 Å². The monoisotopic (exact) mass is 413 g/mol. The highest BCUT2D eigenvalue weighted by atomic mass is 79.9. The molecule has 2 saturated heterocycles. The lowest BCUT2D eigenvalue weighted by molar-refractivity contribution is -0.0704. The van der Waals surface area contributed by atoms with Crippen LogP contribution in [0.2, 0.25) is 0 Å². The van der Waals surface area contributed by atoms with E-state index in [1.54, 1.807) is 0 Å². The molecule has 2 aliphatic heterocycles. The van der Waals surface area contributed by atoms with Crippen molar-refractivity contribution in [1.29, 1.82) is 0 Å². The third-order valence-electron chi connectivity index (χ3n) is 4.68. The number of pyridine rings is 1. The molecule has 0 aliphatic carbocycles. The Hall–Kier alpha value is -0.730. The Morgan fingerprint density at radius 1 is 1.28 bits per heavy atom. The number of ether oxygens (including phenoxy) is 2. The number of anilines is 1. The normalized spacial score (nSPS) is 31.0. The first kappa shape index (κ1) is 19.0. The van der Waals surface area contributed by atoms with Crippen molar-refractivity contribution in [2.45, 2.75) is 57.6 Å². The second-order valence-electron chi connectivity index (χ2n) is 7.19. The maximum Gasteiger partial charge on any atom is 0.127 e. The molecule has 1 aromatic heterocycles. The molecular weight excluding hydrogens is 386 g/mol. The number of rotatable bonds is 5. The molecule has 2 aliphatic rings. The zero-order valence-electron chi connectivity index (χ0n) is 14.9. The van der Waals surface area contributed by atoms with Gasteiger partial charge in [-0.3, -0.25) is 4.90 Å². The summed E-state index contributed by atoms with van der Waals surface area (Å²) in [6.45, 7) is 7.75. The van der Waals surface area contributed by atoms with E-state index in [2.05, 4.69) is 57.1 Å². The third-order valence-corrected chi connectivity index (χ3v) is 5.09. The van der Waals surface area contributed by atoms with E-state index in [0.717, 1.165) is 42.9 Å². The zero-order valence-corrected chi connectivity index (χ0v) is 16.5. The van der Waals surface area contributed by atoms with Crippen LogP contribution in [0, 0.1) is 0 Å². The van der Waals surface area contributed by atoms with Crippen LogP contribution in [0.15, 0.2) is 16.7 Å². The van der Waals surface area contributed by atoms with Crippen LogP contribution in [0.1, 0.15) is 32.3 Å². The van der Waals surface area contributed by atoms with Crippen LogP contribution in [0.4, 0.5) is 5.82 Å². The molecule has 0 bridgehead atoms. The number of hydrogen-bond acceptors (Lipinski definition) is 6. The number of nitrogens with zero attached hydrogens (tertiary/aromatic N) is 2. The average molecular weight is 414 g/mol. The van der Waals surface area contributed by atoms with Gasteiger partial charge in [0.05, 0.1) is 37.6 Å². The Morgan fingerprint density at radius 3 is 2.68 bits per heavy atom. The van der Waals surface area contributed by atoms with Crippen molar-refractivity contribution < 1.29 is 14.6 Å². The number of morpholine rings is 1. The lowest BCUT2D eigenvalue weighted by atomic mass is 10.1. The number of hydrogen-bond donors (Lipinski definition) is 2. The predicted octanol–water partition coefficient (Wildman–Crippen LogP) is 2.41. The molecule has 1 aromatic rings. The smallest absolute Gasteiger partial charge is 0.127 e. The Morgan fingerprint density at radius 2 is 2.04 bits per heavy atom.